The van der Waals surface area contributed by atoms with Gasteiger partial charge < -0.3 is 9.88 Å². The molecule has 3 heterocycles. The van der Waals surface area contributed by atoms with Gasteiger partial charge in [0.25, 0.3) is 5.56 Å². The van der Waals surface area contributed by atoms with Crippen molar-refractivity contribution in [3.8, 4) is 11.1 Å². The Bertz CT molecular complexity index is 939. The van der Waals surface area contributed by atoms with Gasteiger partial charge in [0.15, 0.2) is 5.82 Å². The molecule has 2 aromatic heterocycles. The van der Waals surface area contributed by atoms with Crippen molar-refractivity contribution in [3.05, 3.63) is 50.3 Å². The van der Waals surface area contributed by atoms with Crippen LogP contribution in [0.1, 0.15) is 25.6 Å². The van der Waals surface area contributed by atoms with Gasteiger partial charge in [-0.15, -0.1) is 11.3 Å². The summed E-state index contributed by atoms with van der Waals surface area (Å²) in [4.78, 5) is 22.8. The summed E-state index contributed by atoms with van der Waals surface area (Å²) in [6.45, 7) is 5.46. The molecule has 1 fully saturated rings. The lowest BCUT2D eigenvalue weighted by Gasteiger charge is -2.26. The van der Waals surface area contributed by atoms with E-state index in [2.05, 4.69) is 27.8 Å². The Hall–Kier alpha value is -1.50. The Balaban J connectivity index is 1.65. The number of fused-ring (bicyclic) bond motifs is 1. The molecule has 0 radical (unpaired) electrons. The van der Waals surface area contributed by atoms with Gasteiger partial charge in [-0.25, -0.2) is 4.98 Å². The van der Waals surface area contributed by atoms with E-state index < -0.39 is 0 Å². The number of hydrogen-bond acceptors (Lipinski definition) is 3. The second kappa shape index (κ2) is 7.02. The maximum Gasteiger partial charge on any atom is 0.260 e. The monoisotopic (exact) mass is 418 g/mol. The number of nitrogens with one attached hydrogen (secondary N) is 2. The predicted octanol–water partition coefficient (Wildman–Crippen LogP) is 3.23. The van der Waals surface area contributed by atoms with Crippen LogP contribution >= 0.6 is 27.3 Å². The Kier molecular flexibility index (Phi) is 4.75. The lowest BCUT2D eigenvalue weighted by molar-refractivity contribution is -0.920. The van der Waals surface area contributed by atoms with E-state index in [9.17, 15) is 4.79 Å². The van der Waals surface area contributed by atoms with Crippen molar-refractivity contribution >= 4 is 37.5 Å². The zero-order valence-electron chi connectivity index (χ0n) is 14.1. The van der Waals surface area contributed by atoms with Crippen molar-refractivity contribution in [2.45, 2.75) is 26.3 Å². The highest BCUT2D eigenvalue weighted by molar-refractivity contribution is 9.10. The van der Waals surface area contributed by atoms with Crippen molar-refractivity contribution < 1.29 is 4.90 Å². The van der Waals surface area contributed by atoms with Gasteiger partial charge in [0.05, 0.1) is 18.5 Å². The number of rotatable bonds is 3. The van der Waals surface area contributed by atoms with Crippen molar-refractivity contribution in [2.75, 3.05) is 13.1 Å². The van der Waals surface area contributed by atoms with Crippen molar-refractivity contribution in [1.82, 2.24) is 9.97 Å². The number of piperidine rings is 1. The summed E-state index contributed by atoms with van der Waals surface area (Å²) in [6, 6.07) is 8.04. The second-order valence-electron chi connectivity index (χ2n) is 6.96. The third-order valence-electron chi connectivity index (χ3n) is 5.05. The molecular formula is C19H21BrN3OS+. The summed E-state index contributed by atoms with van der Waals surface area (Å²) in [6.07, 6.45) is 2.52. The van der Waals surface area contributed by atoms with Gasteiger partial charge in [0.2, 0.25) is 0 Å². The first kappa shape index (κ1) is 16.9. The van der Waals surface area contributed by atoms with Gasteiger partial charge in [-0.3, -0.25) is 4.79 Å². The third kappa shape index (κ3) is 3.57. The van der Waals surface area contributed by atoms with Crippen LogP contribution in [-0.4, -0.2) is 23.1 Å². The van der Waals surface area contributed by atoms with E-state index in [0.717, 1.165) is 51.8 Å². The maximum atomic E-state index is 12.7. The number of quaternary nitrogens is 1. The van der Waals surface area contributed by atoms with Crippen LogP contribution in [0.4, 0.5) is 0 Å². The van der Waals surface area contributed by atoms with E-state index in [0.29, 0.717) is 5.39 Å². The summed E-state index contributed by atoms with van der Waals surface area (Å²) in [5.74, 6) is 1.63. The van der Waals surface area contributed by atoms with Crippen LogP contribution in [0.2, 0.25) is 0 Å². The molecule has 4 nitrogen and oxygen atoms in total. The highest BCUT2D eigenvalue weighted by Crippen LogP contribution is 2.31. The van der Waals surface area contributed by atoms with E-state index in [4.69, 9.17) is 4.98 Å². The van der Waals surface area contributed by atoms with Gasteiger partial charge >= 0.3 is 0 Å². The minimum Gasteiger partial charge on any atom is -0.329 e. The summed E-state index contributed by atoms with van der Waals surface area (Å²) in [7, 11) is 0. The summed E-state index contributed by atoms with van der Waals surface area (Å²) >= 11 is 5.00. The van der Waals surface area contributed by atoms with Crippen molar-refractivity contribution in [3.63, 3.8) is 0 Å². The van der Waals surface area contributed by atoms with Gasteiger partial charge in [-0.05, 0) is 36.5 Å². The van der Waals surface area contributed by atoms with Gasteiger partial charge in [-0.1, -0.05) is 35.0 Å². The molecule has 4 rings (SSSR count). The topological polar surface area (TPSA) is 50.2 Å². The predicted molar refractivity (Wildman–Crippen MR) is 106 cm³/mol. The van der Waals surface area contributed by atoms with E-state index in [1.165, 1.54) is 17.7 Å². The molecule has 0 saturated carbocycles. The van der Waals surface area contributed by atoms with Crippen LogP contribution in [0.5, 0.6) is 0 Å². The van der Waals surface area contributed by atoms with E-state index >= 15 is 0 Å². The van der Waals surface area contributed by atoms with Gasteiger partial charge in [0.1, 0.15) is 11.4 Å². The molecule has 1 aliphatic rings. The van der Waals surface area contributed by atoms with Crippen LogP contribution in [0.15, 0.2) is 38.9 Å². The fourth-order valence-corrected chi connectivity index (χ4v) is 4.73. The molecule has 0 unspecified atom stereocenters. The van der Waals surface area contributed by atoms with Crippen LogP contribution in [0.25, 0.3) is 21.3 Å². The number of hydrogen-bond donors (Lipinski definition) is 2. The Morgan fingerprint density at radius 1 is 1.28 bits per heavy atom. The van der Waals surface area contributed by atoms with E-state index in [1.54, 1.807) is 11.3 Å². The molecule has 0 spiro atoms. The molecule has 0 amide bonds. The van der Waals surface area contributed by atoms with Crippen molar-refractivity contribution in [2.24, 2.45) is 5.92 Å². The summed E-state index contributed by atoms with van der Waals surface area (Å²) in [5, 5.41) is 2.74. The van der Waals surface area contributed by atoms with E-state index in [1.807, 2.05) is 29.6 Å². The number of benzene rings is 1. The fourth-order valence-electron chi connectivity index (χ4n) is 3.50. The lowest BCUT2D eigenvalue weighted by Crippen LogP contribution is -3.11. The van der Waals surface area contributed by atoms with Crippen LogP contribution in [0, 0.1) is 5.92 Å². The first-order valence-corrected chi connectivity index (χ1v) is 10.4. The Morgan fingerprint density at radius 2 is 2.00 bits per heavy atom. The lowest BCUT2D eigenvalue weighted by atomic mass is 9.99. The zero-order chi connectivity index (χ0) is 17.4. The molecule has 0 atom stereocenters. The normalized spacial score (nSPS) is 20.9. The second-order valence-corrected chi connectivity index (χ2v) is 8.73. The first-order chi connectivity index (χ1) is 12.1. The minimum absolute atomic E-state index is 0.0241. The SMILES string of the molecule is CC1CC[NH+](Cc2nc3scc(-c4ccc(Br)cc4)c3c(=O)[nH]2)CC1. The fraction of sp³-hybridized carbons (Fsp3) is 0.368. The van der Waals surface area contributed by atoms with Crippen LogP contribution in [-0.2, 0) is 6.54 Å². The standard InChI is InChI=1S/C19H20BrN3OS/c1-12-6-8-23(9-7-12)10-16-21-18(24)17-15(11-25-19(17)22-16)13-2-4-14(20)5-3-13/h2-5,11-12H,6-10H2,1H3,(H,21,22,24)/p+1. The number of aromatic amines is 1. The summed E-state index contributed by atoms with van der Waals surface area (Å²) < 4.78 is 1.03. The minimum atomic E-state index is -0.0241. The number of thiophene rings is 1. The number of halogens is 1. The number of nitrogens with zero attached hydrogens (tertiary/aromatic N) is 1. The number of H-pyrrole nitrogens is 1. The highest BCUT2D eigenvalue weighted by Gasteiger charge is 2.21. The van der Waals surface area contributed by atoms with Gasteiger partial charge in [-0.2, -0.15) is 0 Å². The molecule has 25 heavy (non-hydrogen) atoms. The molecule has 3 aromatic rings. The number of likely N-dealkylation sites (tertiary alicyclic amines) is 1. The Labute approximate surface area is 159 Å². The summed E-state index contributed by atoms with van der Waals surface area (Å²) in [5.41, 5.74) is 1.99. The van der Waals surface area contributed by atoms with Crippen LogP contribution in [0.3, 0.4) is 0 Å². The zero-order valence-corrected chi connectivity index (χ0v) is 16.5. The smallest absolute Gasteiger partial charge is 0.260 e. The third-order valence-corrected chi connectivity index (χ3v) is 6.45. The number of aromatic nitrogens is 2. The average Bonchev–Trinajstić information content (AvgIpc) is 3.02. The molecule has 1 saturated heterocycles. The quantitative estimate of drug-likeness (QED) is 0.685. The highest BCUT2D eigenvalue weighted by atomic mass is 79.9. The molecule has 1 aliphatic heterocycles. The molecule has 130 valence electrons. The van der Waals surface area contributed by atoms with Crippen LogP contribution < -0.4 is 10.5 Å². The van der Waals surface area contributed by atoms with E-state index in [-0.39, 0.29) is 5.56 Å². The molecule has 0 aliphatic carbocycles. The molecular weight excluding hydrogens is 398 g/mol. The van der Waals surface area contributed by atoms with Crippen molar-refractivity contribution in [1.29, 1.82) is 0 Å². The van der Waals surface area contributed by atoms with Gasteiger partial charge in [0, 0.05) is 15.4 Å². The maximum absolute atomic E-state index is 12.7. The first-order valence-electron chi connectivity index (χ1n) is 8.70. The molecule has 2 N–H and O–H groups in total. The largest absolute Gasteiger partial charge is 0.329 e. The molecule has 6 heteroatoms. The average molecular weight is 419 g/mol. The Morgan fingerprint density at radius 3 is 2.72 bits per heavy atom. The molecule has 1 aromatic carbocycles. The molecule has 0 bridgehead atoms.